The first-order valence-electron chi connectivity index (χ1n) is 8.30. The van der Waals surface area contributed by atoms with Crippen LogP contribution in [-0.2, 0) is 10.0 Å². The number of β-amino-alcohol motifs (C(OH)–C–C–N with tert-alkyl or cyclic N) is 1. The van der Waals surface area contributed by atoms with Crippen LogP contribution in [0.15, 0.2) is 36.8 Å². The molecule has 3 heterocycles. The molecule has 1 saturated heterocycles. The first-order chi connectivity index (χ1) is 11.5. The fourth-order valence-electron chi connectivity index (χ4n) is 4.03. The van der Waals surface area contributed by atoms with Crippen molar-refractivity contribution < 1.29 is 13.5 Å². The lowest BCUT2D eigenvalue weighted by Gasteiger charge is -2.38. The van der Waals surface area contributed by atoms with Gasteiger partial charge in [0.05, 0.1) is 36.1 Å². The topological polar surface area (TPSA) is 75.4 Å². The summed E-state index contributed by atoms with van der Waals surface area (Å²) in [7, 11) is -3.26. The summed E-state index contributed by atoms with van der Waals surface area (Å²) in [6, 6.07) is 8.20. The van der Waals surface area contributed by atoms with Crippen molar-refractivity contribution in [2.75, 3.05) is 18.8 Å². The molecule has 1 aromatic carbocycles. The van der Waals surface area contributed by atoms with Crippen molar-refractivity contribution in [3.05, 3.63) is 42.4 Å². The summed E-state index contributed by atoms with van der Waals surface area (Å²) in [4.78, 5) is 4.26. The number of imidazole rings is 1. The molecule has 0 spiro atoms. The third-order valence-electron chi connectivity index (χ3n) is 5.28. The molecule has 2 aromatic rings. The highest BCUT2D eigenvalue weighted by Crippen LogP contribution is 2.45. The molecular weight excluding hydrogens is 326 g/mol. The Hall–Kier alpha value is -1.70. The van der Waals surface area contributed by atoms with E-state index in [1.54, 1.807) is 6.92 Å². The van der Waals surface area contributed by atoms with Crippen LogP contribution in [0.3, 0.4) is 0 Å². The summed E-state index contributed by atoms with van der Waals surface area (Å²) in [5.41, 5.74) is 3.40. The van der Waals surface area contributed by atoms with Crippen LogP contribution < -0.4 is 0 Å². The van der Waals surface area contributed by atoms with Crippen LogP contribution in [0.4, 0.5) is 0 Å². The van der Waals surface area contributed by atoms with Crippen LogP contribution in [0.1, 0.15) is 24.9 Å². The molecule has 128 valence electrons. The van der Waals surface area contributed by atoms with Crippen molar-refractivity contribution in [3.63, 3.8) is 0 Å². The molecular formula is C17H21N3O3S. The van der Waals surface area contributed by atoms with Crippen molar-refractivity contribution in [3.8, 4) is 11.3 Å². The van der Waals surface area contributed by atoms with Crippen LogP contribution in [0.25, 0.3) is 11.3 Å². The molecule has 1 N–H and O–H groups in total. The number of aliphatic hydroxyl groups is 1. The zero-order valence-corrected chi connectivity index (χ0v) is 14.4. The highest BCUT2D eigenvalue weighted by molar-refractivity contribution is 7.89. The van der Waals surface area contributed by atoms with Gasteiger partial charge >= 0.3 is 0 Å². The van der Waals surface area contributed by atoms with Crippen LogP contribution >= 0.6 is 0 Å². The van der Waals surface area contributed by atoms with Gasteiger partial charge in [-0.15, -0.1) is 0 Å². The van der Waals surface area contributed by atoms with Gasteiger partial charge in [-0.25, -0.2) is 13.4 Å². The highest BCUT2D eigenvalue weighted by atomic mass is 32.2. The molecule has 0 aliphatic carbocycles. The number of aromatic nitrogens is 2. The Balaban J connectivity index is 1.66. The van der Waals surface area contributed by atoms with E-state index in [4.69, 9.17) is 0 Å². The minimum Gasteiger partial charge on any atom is -0.391 e. The number of aliphatic hydroxyl groups excluding tert-OH is 1. The predicted molar refractivity (Wildman–Crippen MR) is 90.9 cm³/mol. The van der Waals surface area contributed by atoms with Gasteiger partial charge in [0, 0.05) is 24.6 Å². The second kappa shape index (κ2) is 5.68. The number of hydrogen-bond donors (Lipinski definition) is 1. The van der Waals surface area contributed by atoms with Crippen LogP contribution in [0.5, 0.6) is 0 Å². The van der Waals surface area contributed by atoms with E-state index in [-0.39, 0.29) is 24.3 Å². The van der Waals surface area contributed by atoms with Gasteiger partial charge < -0.3 is 9.67 Å². The summed E-state index contributed by atoms with van der Waals surface area (Å²) in [6.07, 6.45) is 3.60. The summed E-state index contributed by atoms with van der Waals surface area (Å²) < 4.78 is 27.7. The molecule has 2 aliphatic rings. The quantitative estimate of drug-likeness (QED) is 0.913. The van der Waals surface area contributed by atoms with E-state index in [1.807, 2.05) is 24.7 Å². The van der Waals surface area contributed by atoms with Gasteiger partial charge in [-0.2, -0.15) is 4.31 Å². The smallest absolute Gasteiger partial charge is 0.213 e. The first kappa shape index (κ1) is 15.8. The molecule has 24 heavy (non-hydrogen) atoms. The second-order valence-electron chi connectivity index (χ2n) is 6.50. The maximum atomic E-state index is 12.1. The lowest BCUT2D eigenvalue weighted by molar-refractivity contribution is 0.0343. The SMILES string of the molecule is CCS(=O)(=O)N1CC[C@H](C2c3ccccc3-c3cncn32)[C@@H](O)C1. The standard InChI is InChI=1S/C17H21N3O3S/c1-2-24(22,23)19-8-7-14(16(21)10-19)17-13-6-4-3-5-12(13)15-9-18-11-20(15)17/h3-6,9,11,14,16-17,21H,2,7-8,10H2,1H3/t14-,16-,17?/m0/s1. The average molecular weight is 347 g/mol. The number of benzene rings is 1. The molecule has 0 saturated carbocycles. The normalized spacial score (nSPS) is 27.0. The van der Waals surface area contributed by atoms with Crippen LogP contribution in [-0.4, -0.2) is 52.3 Å². The van der Waals surface area contributed by atoms with Gasteiger partial charge in [0.1, 0.15) is 0 Å². The van der Waals surface area contributed by atoms with Gasteiger partial charge in [-0.1, -0.05) is 24.3 Å². The van der Waals surface area contributed by atoms with E-state index in [0.717, 1.165) is 11.3 Å². The molecule has 3 atom stereocenters. The zero-order chi connectivity index (χ0) is 16.9. The minimum atomic E-state index is -3.26. The predicted octanol–water partition coefficient (Wildman–Crippen LogP) is 1.49. The first-order valence-corrected chi connectivity index (χ1v) is 9.91. The molecule has 1 fully saturated rings. The molecule has 6 nitrogen and oxygen atoms in total. The Labute approximate surface area is 141 Å². The summed E-state index contributed by atoms with van der Waals surface area (Å²) in [5, 5.41) is 10.7. The average Bonchev–Trinajstić information content (AvgIpc) is 3.16. The van der Waals surface area contributed by atoms with E-state index in [0.29, 0.717) is 13.0 Å². The maximum absolute atomic E-state index is 12.1. The number of hydrogen-bond acceptors (Lipinski definition) is 4. The Morgan fingerprint density at radius 1 is 1.33 bits per heavy atom. The minimum absolute atomic E-state index is 0.0141. The number of fused-ring (bicyclic) bond motifs is 3. The van der Waals surface area contributed by atoms with E-state index < -0.39 is 16.1 Å². The zero-order valence-electron chi connectivity index (χ0n) is 13.5. The van der Waals surface area contributed by atoms with Gasteiger partial charge in [0.2, 0.25) is 10.0 Å². The van der Waals surface area contributed by atoms with E-state index >= 15 is 0 Å². The largest absolute Gasteiger partial charge is 0.391 e. The monoisotopic (exact) mass is 347 g/mol. The van der Waals surface area contributed by atoms with Gasteiger partial charge in [-0.3, -0.25) is 0 Å². The van der Waals surface area contributed by atoms with E-state index in [2.05, 4.69) is 21.7 Å². The van der Waals surface area contributed by atoms with Crippen LogP contribution in [0.2, 0.25) is 0 Å². The Kier molecular flexibility index (Phi) is 3.74. The molecule has 7 heteroatoms. The maximum Gasteiger partial charge on any atom is 0.213 e. The molecule has 1 unspecified atom stereocenters. The number of sulfonamides is 1. The summed E-state index contributed by atoms with van der Waals surface area (Å²) in [6.45, 7) is 2.27. The third kappa shape index (κ3) is 2.30. The van der Waals surface area contributed by atoms with E-state index in [1.165, 1.54) is 9.87 Å². The fourth-order valence-corrected chi connectivity index (χ4v) is 5.16. The van der Waals surface area contributed by atoms with Crippen molar-refractivity contribution >= 4 is 10.0 Å². The van der Waals surface area contributed by atoms with Gasteiger partial charge in [0.25, 0.3) is 0 Å². The Morgan fingerprint density at radius 2 is 2.12 bits per heavy atom. The van der Waals surface area contributed by atoms with E-state index in [9.17, 15) is 13.5 Å². The molecule has 4 rings (SSSR count). The highest BCUT2D eigenvalue weighted by Gasteiger charge is 2.41. The van der Waals surface area contributed by atoms with Crippen LogP contribution in [0, 0.1) is 5.92 Å². The number of piperidine rings is 1. The van der Waals surface area contributed by atoms with Crippen molar-refractivity contribution in [1.82, 2.24) is 13.9 Å². The van der Waals surface area contributed by atoms with Crippen molar-refractivity contribution in [2.45, 2.75) is 25.5 Å². The molecule has 2 aliphatic heterocycles. The van der Waals surface area contributed by atoms with Gasteiger partial charge in [0.15, 0.2) is 0 Å². The lowest BCUT2D eigenvalue weighted by atomic mass is 9.84. The Bertz CT molecular complexity index is 861. The Morgan fingerprint density at radius 3 is 2.88 bits per heavy atom. The summed E-state index contributed by atoms with van der Waals surface area (Å²) in [5.74, 6) is 0.0485. The molecule has 0 amide bonds. The number of nitrogens with zero attached hydrogens (tertiary/aromatic N) is 3. The fraction of sp³-hybridized carbons (Fsp3) is 0.471. The molecule has 0 radical (unpaired) electrons. The summed E-state index contributed by atoms with van der Waals surface area (Å²) >= 11 is 0. The molecule has 1 aromatic heterocycles. The second-order valence-corrected chi connectivity index (χ2v) is 8.75. The third-order valence-corrected chi connectivity index (χ3v) is 7.13. The lowest BCUT2D eigenvalue weighted by Crippen LogP contribution is -2.49. The van der Waals surface area contributed by atoms with Crippen molar-refractivity contribution in [1.29, 1.82) is 0 Å². The number of rotatable bonds is 3. The van der Waals surface area contributed by atoms with Crippen molar-refractivity contribution in [2.24, 2.45) is 5.92 Å². The van der Waals surface area contributed by atoms with Gasteiger partial charge in [-0.05, 0) is 18.9 Å². The molecule has 0 bridgehead atoms.